The predicted octanol–water partition coefficient (Wildman–Crippen LogP) is 2.55. The number of hydrogen-bond acceptors (Lipinski definition) is 4. The van der Waals surface area contributed by atoms with E-state index in [2.05, 4.69) is 36.9 Å². The molecule has 7 nitrogen and oxygen atoms in total. The molecule has 2 rings (SSSR count). The number of rotatable bonds is 10. The Labute approximate surface area is 192 Å². The third-order valence-corrected chi connectivity index (χ3v) is 4.59. The minimum atomic E-state index is -0.0635. The molecule has 1 amide bonds. The van der Waals surface area contributed by atoms with Crippen LogP contribution in [0.2, 0.25) is 0 Å². The molecule has 28 heavy (non-hydrogen) atoms. The summed E-state index contributed by atoms with van der Waals surface area (Å²) in [6, 6.07) is 7.35. The van der Waals surface area contributed by atoms with E-state index in [0.29, 0.717) is 12.1 Å². The number of guanidine groups is 1. The van der Waals surface area contributed by atoms with E-state index >= 15 is 0 Å². The van der Waals surface area contributed by atoms with Crippen molar-refractivity contribution in [1.29, 1.82) is 0 Å². The van der Waals surface area contributed by atoms with Gasteiger partial charge in [-0.25, -0.2) is 0 Å². The Kier molecular flexibility index (Phi) is 13.5. The Balaban J connectivity index is 0.00000392. The van der Waals surface area contributed by atoms with Gasteiger partial charge in [-0.2, -0.15) is 0 Å². The first-order chi connectivity index (χ1) is 13.2. The summed E-state index contributed by atoms with van der Waals surface area (Å²) in [5.41, 5.74) is 0.654. The number of carbonyl (C=O) groups is 1. The zero-order chi connectivity index (χ0) is 19.3. The largest absolute Gasteiger partial charge is 0.379 e. The summed E-state index contributed by atoms with van der Waals surface area (Å²) in [6.07, 6.45) is 2.98. The van der Waals surface area contributed by atoms with Gasteiger partial charge in [0.05, 0.1) is 12.7 Å². The fourth-order valence-corrected chi connectivity index (χ4v) is 3.02. The van der Waals surface area contributed by atoms with Crippen molar-refractivity contribution in [1.82, 2.24) is 16.0 Å². The molecule has 0 saturated carbocycles. The molecule has 1 fully saturated rings. The maximum atomic E-state index is 12.0. The zero-order valence-corrected chi connectivity index (χ0v) is 20.1. The van der Waals surface area contributed by atoms with Crippen LogP contribution in [0.4, 0.5) is 0 Å². The lowest BCUT2D eigenvalue weighted by molar-refractivity contribution is 0.0420. The van der Waals surface area contributed by atoms with Crippen molar-refractivity contribution in [3.8, 4) is 0 Å². The molecule has 1 heterocycles. The van der Waals surface area contributed by atoms with Crippen LogP contribution in [-0.2, 0) is 9.47 Å². The fraction of sp³-hybridized carbons (Fsp3) is 0.579. The van der Waals surface area contributed by atoms with E-state index in [0.717, 1.165) is 62.6 Å². The summed E-state index contributed by atoms with van der Waals surface area (Å²) in [7, 11) is 1.75. The smallest absolute Gasteiger partial charge is 0.251 e. The molecular weight excluding hydrogens is 539 g/mol. The number of nitrogens with zero attached hydrogens (tertiary/aromatic N) is 1. The second-order valence-corrected chi connectivity index (χ2v) is 7.17. The molecule has 0 bridgehead atoms. The van der Waals surface area contributed by atoms with Crippen LogP contribution >= 0.6 is 39.9 Å². The first kappa shape index (κ1) is 25.1. The van der Waals surface area contributed by atoms with Crippen molar-refractivity contribution in [3.05, 3.63) is 34.3 Å². The second-order valence-electron chi connectivity index (χ2n) is 6.26. The summed E-state index contributed by atoms with van der Waals surface area (Å²) in [4.78, 5) is 16.2. The average molecular weight is 569 g/mol. The Morgan fingerprint density at radius 2 is 2.00 bits per heavy atom. The minimum Gasteiger partial charge on any atom is -0.379 e. The van der Waals surface area contributed by atoms with Crippen LogP contribution in [0.3, 0.4) is 0 Å². The summed E-state index contributed by atoms with van der Waals surface area (Å²) in [5, 5.41) is 9.42. The summed E-state index contributed by atoms with van der Waals surface area (Å²) >= 11 is 3.37. The fourth-order valence-electron chi connectivity index (χ4n) is 2.62. The standard InChI is InChI=1S/C19H29BrN4O3.HI/c1-21-19(24-10-4-11-27-17-7-12-26-14-17)23-9-3-8-22-18(25)15-5-2-6-16(20)13-15;/h2,5-6,13,17H,3-4,7-12,14H2,1H3,(H,22,25)(H2,21,23,24);1H. The number of carbonyl (C=O) groups excluding carboxylic acids is 1. The molecular formula is C19H30BrIN4O3. The molecule has 1 aromatic rings. The number of ether oxygens (including phenoxy) is 2. The van der Waals surface area contributed by atoms with Crippen molar-refractivity contribution in [2.75, 3.05) is 46.5 Å². The monoisotopic (exact) mass is 568 g/mol. The quantitative estimate of drug-likeness (QED) is 0.175. The molecule has 0 radical (unpaired) electrons. The first-order valence-corrected chi connectivity index (χ1v) is 10.2. The molecule has 0 spiro atoms. The zero-order valence-electron chi connectivity index (χ0n) is 16.2. The van der Waals surface area contributed by atoms with Gasteiger partial charge in [0.2, 0.25) is 0 Å². The Morgan fingerprint density at radius 3 is 2.68 bits per heavy atom. The molecule has 3 N–H and O–H groups in total. The molecule has 1 unspecified atom stereocenters. The summed E-state index contributed by atoms with van der Waals surface area (Å²) < 4.78 is 11.9. The third kappa shape index (κ3) is 10.0. The number of aliphatic imine (C=N–C) groups is 1. The molecule has 0 aliphatic carbocycles. The lowest BCUT2D eigenvalue weighted by atomic mass is 10.2. The van der Waals surface area contributed by atoms with Crippen LogP contribution in [0.1, 0.15) is 29.6 Å². The SMILES string of the molecule is CN=C(NCCCNC(=O)c1cccc(Br)c1)NCCCOC1CCOC1.I. The Morgan fingerprint density at radius 1 is 1.25 bits per heavy atom. The predicted molar refractivity (Wildman–Crippen MR) is 126 cm³/mol. The van der Waals surface area contributed by atoms with Gasteiger partial charge < -0.3 is 25.4 Å². The van der Waals surface area contributed by atoms with Gasteiger partial charge in [-0.15, -0.1) is 24.0 Å². The molecule has 1 aromatic carbocycles. The topological polar surface area (TPSA) is 84.0 Å². The average Bonchev–Trinajstić information content (AvgIpc) is 3.19. The molecule has 1 aliphatic rings. The van der Waals surface area contributed by atoms with Gasteiger partial charge in [-0.3, -0.25) is 9.79 Å². The molecule has 1 atom stereocenters. The van der Waals surface area contributed by atoms with Gasteiger partial charge in [0.1, 0.15) is 0 Å². The normalized spacial score (nSPS) is 16.4. The van der Waals surface area contributed by atoms with Crippen molar-refractivity contribution in [3.63, 3.8) is 0 Å². The Bertz CT molecular complexity index is 613. The lowest BCUT2D eigenvalue weighted by Crippen LogP contribution is -2.39. The van der Waals surface area contributed by atoms with E-state index in [-0.39, 0.29) is 36.0 Å². The van der Waals surface area contributed by atoms with Crippen LogP contribution in [0.25, 0.3) is 0 Å². The van der Waals surface area contributed by atoms with E-state index in [1.54, 1.807) is 13.1 Å². The maximum Gasteiger partial charge on any atom is 0.251 e. The number of amides is 1. The van der Waals surface area contributed by atoms with Crippen molar-refractivity contribution >= 4 is 51.8 Å². The highest BCUT2D eigenvalue weighted by Gasteiger charge is 2.15. The van der Waals surface area contributed by atoms with E-state index in [9.17, 15) is 4.79 Å². The molecule has 1 aliphatic heterocycles. The number of halogens is 2. The highest BCUT2D eigenvalue weighted by Crippen LogP contribution is 2.11. The second kappa shape index (κ2) is 15.0. The van der Waals surface area contributed by atoms with Gasteiger partial charge in [0.25, 0.3) is 5.91 Å². The van der Waals surface area contributed by atoms with Crippen molar-refractivity contribution in [2.24, 2.45) is 4.99 Å². The lowest BCUT2D eigenvalue weighted by Gasteiger charge is -2.13. The maximum absolute atomic E-state index is 12.0. The van der Waals surface area contributed by atoms with E-state index in [4.69, 9.17) is 9.47 Å². The van der Waals surface area contributed by atoms with Crippen LogP contribution in [-0.4, -0.2) is 64.5 Å². The number of benzene rings is 1. The van der Waals surface area contributed by atoms with Gasteiger partial charge in [0, 0.05) is 49.9 Å². The Hall–Kier alpha value is -0.910. The summed E-state index contributed by atoms with van der Waals surface area (Å²) in [5.74, 6) is 0.698. The molecule has 9 heteroatoms. The molecule has 158 valence electrons. The van der Waals surface area contributed by atoms with Gasteiger partial charge in [-0.1, -0.05) is 22.0 Å². The van der Waals surface area contributed by atoms with Crippen LogP contribution in [0, 0.1) is 0 Å². The van der Waals surface area contributed by atoms with Crippen LogP contribution in [0.15, 0.2) is 33.7 Å². The van der Waals surface area contributed by atoms with Gasteiger partial charge >= 0.3 is 0 Å². The van der Waals surface area contributed by atoms with E-state index in [1.807, 2.05) is 18.2 Å². The van der Waals surface area contributed by atoms with E-state index < -0.39 is 0 Å². The van der Waals surface area contributed by atoms with E-state index in [1.165, 1.54) is 0 Å². The first-order valence-electron chi connectivity index (χ1n) is 9.36. The highest BCUT2D eigenvalue weighted by molar-refractivity contribution is 14.0. The van der Waals surface area contributed by atoms with Crippen LogP contribution < -0.4 is 16.0 Å². The van der Waals surface area contributed by atoms with Crippen molar-refractivity contribution < 1.29 is 14.3 Å². The number of hydrogen-bond donors (Lipinski definition) is 3. The van der Waals surface area contributed by atoms with Crippen LogP contribution in [0.5, 0.6) is 0 Å². The molecule has 0 aromatic heterocycles. The third-order valence-electron chi connectivity index (χ3n) is 4.10. The van der Waals surface area contributed by atoms with Gasteiger partial charge in [-0.05, 0) is 37.5 Å². The van der Waals surface area contributed by atoms with Crippen molar-refractivity contribution in [2.45, 2.75) is 25.4 Å². The number of nitrogens with one attached hydrogen (secondary N) is 3. The molecule has 1 saturated heterocycles. The highest BCUT2D eigenvalue weighted by atomic mass is 127. The van der Waals surface area contributed by atoms with Gasteiger partial charge in [0.15, 0.2) is 5.96 Å². The summed E-state index contributed by atoms with van der Waals surface area (Å²) in [6.45, 7) is 4.38. The minimum absolute atomic E-state index is 0.